The lowest BCUT2D eigenvalue weighted by Crippen LogP contribution is -2.53. The molecule has 0 bridgehead atoms. The third-order valence-electron chi connectivity index (χ3n) is 5.63. The largest absolute Gasteiger partial charge is 0.428 e. The summed E-state index contributed by atoms with van der Waals surface area (Å²) < 4.78 is 136. The van der Waals surface area contributed by atoms with Gasteiger partial charge in [-0.1, -0.05) is 24.3 Å². The molecule has 0 amide bonds. The molecule has 1 atom stereocenters. The maximum Gasteiger partial charge on any atom is 0.428 e. The molecule has 184 valence electrons. The van der Waals surface area contributed by atoms with Gasteiger partial charge in [-0.05, 0) is 35.4 Å². The predicted octanol–water partition coefficient (Wildman–Crippen LogP) is 5.83. The normalized spacial score (nSPS) is 22.7. The molecular formula is C21H14F10N2O. The molecule has 1 fully saturated rings. The molecular weight excluding hydrogens is 486 g/mol. The second kappa shape index (κ2) is 7.60. The van der Waals surface area contributed by atoms with E-state index in [-0.39, 0.29) is 48.1 Å². The van der Waals surface area contributed by atoms with Crippen LogP contribution in [0.1, 0.15) is 27.8 Å². The Bertz CT molecular complexity index is 1080. The summed E-state index contributed by atoms with van der Waals surface area (Å²) in [5.41, 5.74) is -8.66. The van der Waals surface area contributed by atoms with Crippen LogP contribution in [0.2, 0.25) is 0 Å². The van der Waals surface area contributed by atoms with Crippen molar-refractivity contribution in [2.45, 2.75) is 29.8 Å². The minimum atomic E-state index is -5.45. The molecule has 34 heavy (non-hydrogen) atoms. The number of hydrogen-bond acceptors (Lipinski definition) is 3. The summed E-state index contributed by atoms with van der Waals surface area (Å²) in [6, 6.07) is 4.80. The standard InChI is InChI=1S/C21H14F10N2O/c22-17(9-32-10-17)12-3-1-11(2-4-12)16-8-18(34-33-16,21(29,30)31)13-5-14(19(23,24)25)7-15(6-13)20(26,27)28/h1-8,32-33H,9-10H2. The lowest BCUT2D eigenvalue weighted by Gasteiger charge is -2.35. The van der Waals surface area contributed by atoms with Crippen molar-refractivity contribution in [3.8, 4) is 0 Å². The molecule has 4 rings (SSSR count). The van der Waals surface area contributed by atoms with Gasteiger partial charge in [-0.3, -0.25) is 10.3 Å². The van der Waals surface area contributed by atoms with E-state index in [4.69, 9.17) is 0 Å². The van der Waals surface area contributed by atoms with Gasteiger partial charge in [0.05, 0.1) is 16.8 Å². The van der Waals surface area contributed by atoms with E-state index >= 15 is 0 Å². The lowest BCUT2D eigenvalue weighted by molar-refractivity contribution is -0.269. The highest BCUT2D eigenvalue weighted by atomic mass is 19.4. The molecule has 3 nitrogen and oxygen atoms in total. The Morgan fingerprint density at radius 1 is 0.735 bits per heavy atom. The van der Waals surface area contributed by atoms with Gasteiger partial charge in [0.1, 0.15) is 0 Å². The Labute approximate surface area is 185 Å². The molecule has 0 saturated carbocycles. The van der Waals surface area contributed by atoms with Gasteiger partial charge in [0.25, 0.3) is 0 Å². The smallest absolute Gasteiger partial charge is 0.310 e. The molecule has 1 saturated heterocycles. The van der Waals surface area contributed by atoms with Gasteiger partial charge in [0.2, 0.25) is 5.60 Å². The number of halogens is 10. The minimum Gasteiger partial charge on any atom is -0.310 e. The fourth-order valence-corrected chi connectivity index (χ4v) is 3.65. The number of rotatable bonds is 3. The second-order valence-electron chi connectivity index (χ2n) is 7.94. The molecule has 0 aliphatic carbocycles. The van der Waals surface area contributed by atoms with Gasteiger partial charge in [-0.15, -0.1) is 0 Å². The maximum atomic E-state index is 14.5. The van der Waals surface area contributed by atoms with E-state index in [0.717, 1.165) is 0 Å². The van der Waals surface area contributed by atoms with Crippen LogP contribution in [0.25, 0.3) is 5.70 Å². The van der Waals surface area contributed by atoms with E-state index in [9.17, 15) is 43.9 Å². The molecule has 2 aromatic rings. The van der Waals surface area contributed by atoms with Crippen LogP contribution in [-0.2, 0) is 28.5 Å². The number of benzene rings is 2. The van der Waals surface area contributed by atoms with Gasteiger partial charge in [-0.25, -0.2) is 4.39 Å². The van der Waals surface area contributed by atoms with Crippen molar-refractivity contribution in [3.63, 3.8) is 0 Å². The quantitative estimate of drug-likeness (QED) is 0.521. The van der Waals surface area contributed by atoms with Crippen molar-refractivity contribution in [1.82, 2.24) is 10.8 Å². The van der Waals surface area contributed by atoms with Gasteiger partial charge in [0, 0.05) is 18.7 Å². The Hall–Kier alpha value is -2.80. The first-order chi connectivity index (χ1) is 15.6. The molecule has 2 heterocycles. The van der Waals surface area contributed by atoms with Crippen molar-refractivity contribution in [3.05, 3.63) is 76.4 Å². The van der Waals surface area contributed by atoms with Crippen LogP contribution < -0.4 is 10.8 Å². The zero-order valence-electron chi connectivity index (χ0n) is 16.7. The molecule has 1 unspecified atom stereocenters. The summed E-state index contributed by atoms with van der Waals surface area (Å²) in [4.78, 5) is 4.64. The highest BCUT2D eigenvalue weighted by molar-refractivity contribution is 5.67. The monoisotopic (exact) mass is 500 g/mol. The highest BCUT2D eigenvalue weighted by Gasteiger charge is 2.60. The SMILES string of the molecule is FC(F)(F)c1cc(C(F)(F)F)cc(C2(C(F)(F)F)C=C(c3ccc(C4(F)CNC4)cc3)NO2)c1. The fraction of sp³-hybridized carbons (Fsp3) is 0.333. The van der Waals surface area contributed by atoms with Crippen molar-refractivity contribution < 1.29 is 48.7 Å². The van der Waals surface area contributed by atoms with Gasteiger partial charge in [0.15, 0.2) is 5.67 Å². The van der Waals surface area contributed by atoms with Crippen LogP contribution in [-0.4, -0.2) is 19.3 Å². The number of nitrogens with one attached hydrogen (secondary N) is 2. The Kier molecular flexibility index (Phi) is 5.44. The van der Waals surface area contributed by atoms with E-state index in [1.807, 2.05) is 5.48 Å². The molecule has 2 N–H and O–H groups in total. The molecule has 0 spiro atoms. The van der Waals surface area contributed by atoms with Crippen LogP contribution in [0.4, 0.5) is 43.9 Å². The summed E-state index contributed by atoms with van der Waals surface area (Å²) in [6.07, 6.45) is -15.8. The van der Waals surface area contributed by atoms with Crippen LogP contribution in [0.3, 0.4) is 0 Å². The topological polar surface area (TPSA) is 33.3 Å². The number of hydrogen-bond donors (Lipinski definition) is 2. The van der Waals surface area contributed by atoms with Crippen molar-refractivity contribution in [2.75, 3.05) is 13.1 Å². The summed E-state index contributed by atoms with van der Waals surface area (Å²) in [6.45, 7) is 0.0926. The first kappa shape index (κ1) is 24.3. The Morgan fingerprint density at radius 2 is 1.26 bits per heavy atom. The predicted molar refractivity (Wildman–Crippen MR) is 98.5 cm³/mol. The molecule has 0 radical (unpaired) electrons. The molecule has 2 aliphatic rings. The molecule has 13 heteroatoms. The zero-order valence-corrected chi connectivity index (χ0v) is 16.7. The first-order valence-corrected chi connectivity index (χ1v) is 9.59. The number of hydroxylamine groups is 1. The fourth-order valence-electron chi connectivity index (χ4n) is 3.65. The molecule has 0 aromatic heterocycles. The Balaban J connectivity index is 1.81. The minimum absolute atomic E-state index is 0.0383. The number of alkyl halides is 10. The summed E-state index contributed by atoms with van der Waals surface area (Å²) in [7, 11) is 0. The third-order valence-corrected chi connectivity index (χ3v) is 5.63. The van der Waals surface area contributed by atoms with Crippen LogP contribution in [0, 0.1) is 0 Å². The lowest BCUT2D eigenvalue weighted by atomic mass is 9.87. The van der Waals surface area contributed by atoms with E-state index in [2.05, 4.69) is 10.2 Å². The average Bonchev–Trinajstić information content (AvgIpc) is 3.17. The van der Waals surface area contributed by atoms with Crippen LogP contribution >= 0.6 is 0 Å². The van der Waals surface area contributed by atoms with Crippen LogP contribution in [0.5, 0.6) is 0 Å². The van der Waals surface area contributed by atoms with Gasteiger partial charge in [-0.2, -0.15) is 39.5 Å². The van der Waals surface area contributed by atoms with Crippen molar-refractivity contribution in [1.29, 1.82) is 0 Å². The summed E-state index contributed by atoms with van der Waals surface area (Å²) in [5, 5.41) is 2.74. The summed E-state index contributed by atoms with van der Waals surface area (Å²) >= 11 is 0. The van der Waals surface area contributed by atoms with Gasteiger partial charge < -0.3 is 5.32 Å². The average molecular weight is 500 g/mol. The van der Waals surface area contributed by atoms with E-state index < -0.39 is 46.5 Å². The first-order valence-electron chi connectivity index (χ1n) is 9.59. The maximum absolute atomic E-state index is 14.5. The van der Waals surface area contributed by atoms with E-state index in [1.165, 1.54) is 24.3 Å². The third kappa shape index (κ3) is 4.11. The van der Waals surface area contributed by atoms with Crippen molar-refractivity contribution >= 4 is 5.70 Å². The summed E-state index contributed by atoms with van der Waals surface area (Å²) in [5.74, 6) is 0. The molecule has 2 aliphatic heterocycles. The van der Waals surface area contributed by atoms with E-state index in [1.54, 1.807) is 0 Å². The van der Waals surface area contributed by atoms with Crippen molar-refractivity contribution in [2.24, 2.45) is 0 Å². The second-order valence-corrected chi connectivity index (χ2v) is 7.94. The highest BCUT2D eigenvalue weighted by Crippen LogP contribution is 2.49. The van der Waals surface area contributed by atoms with E-state index in [0.29, 0.717) is 6.08 Å². The Morgan fingerprint density at radius 3 is 1.68 bits per heavy atom. The van der Waals surface area contributed by atoms with Crippen LogP contribution in [0.15, 0.2) is 48.5 Å². The zero-order chi connectivity index (χ0) is 25.2. The molecule has 2 aromatic carbocycles. The van der Waals surface area contributed by atoms with Gasteiger partial charge >= 0.3 is 18.5 Å².